The minimum Gasteiger partial charge on any atom is -0.345 e. The van der Waals surface area contributed by atoms with Gasteiger partial charge in [-0.15, -0.1) is 0 Å². The fourth-order valence-electron chi connectivity index (χ4n) is 4.54. The van der Waals surface area contributed by atoms with Gasteiger partial charge in [0.15, 0.2) is 0 Å². The number of aryl methyl sites for hydroxylation is 2. The van der Waals surface area contributed by atoms with Gasteiger partial charge in [-0.3, -0.25) is 4.79 Å². The number of nitrogens with zero attached hydrogens (tertiary/aromatic N) is 1. The Morgan fingerprint density at radius 3 is 2.45 bits per heavy atom. The third kappa shape index (κ3) is 4.66. The van der Waals surface area contributed by atoms with Crippen LogP contribution in [0.5, 0.6) is 0 Å². The van der Waals surface area contributed by atoms with Crippen molar-refractivity contribution in [1.82, 2.24) is 9.62 Å². The van der Waals surface area contributed by atoms with Crippen LogP contribution in [-0.2, 0) is 22.9 Å². The Labute approximate surface area is 189 Å². The number of hydrogen-bond donors (Lipinski definition) is 1. The Morgan fingerprint density at radius 1 is 1.03 bits per heavy atom. The van der Waals surface area contributed by atoms with Crippen molar-refractivity contribution < 1.29 is 13.2 Å². The zero-order valence-electron chi connectivity index (χ0n) is 17.9. The minimum atomic E-state index is -3.70. The molecule has 1 saturated heterocycles. The Kier molecular flexibility index (Phi) is 6.70. The van der Waals surface area contributed by atoms with E-state index in [-0.39, 0.29) is 21.9 Å². The predicted octanol–water partition coefficient (Wildman–Crippen LogP) is 4.88. The van der Waals surface area contributed by atoms with Gasteiger partial charge in [-0.2, -0.15) is 4.31 Å². The van der Waals surface area contributed by atoms with Gasteiger partial charge in [0, 0.05) is 18.7 Å². The van der Waals surface area contributed by atoms with Gasteiger partial charge in [0.1, 0.15) is 4.90 Å². The Balaban J connectivity index is 1.56. The molecule has 166 valence electrons. The summed E-state index contributed by atoms with van der Waals surface area (Å²) in [5, 5.41) is 3.23. The Hall–Kier alpha value is -1.89. The molecule has 1 aliphatic carbocycles. The summed E-state index contributed by atoms with van der Waals surface area (Å²) in [7, 11) is -3.70. The quantitative estimate of drug-likeness (QED) is 0.667. The standard InChI is InChI=1S/C24H29ClN2O3S/c1-2-22(19-10-9-17-7-3-4-8-18(17)15-19)26-24(28)20-11-12-21(25)23(16-20)31(29,30)27-13-5-6-14-27/h9-12,15-16,22H,2-8,13-14H2,1H3,(H,26,28)/t22-/m0/s1. The monoisotopic (exact) mass is 460 g/mol. The van der Waals surface area contributed by atoms with Crippen molar-refractivity contribution in [2.45, 2.75) is 62.8 Å². The molecule has 0 bridgehead atoms. The average Bonchev–Trinajstić information content (AvgIpc) is 3.33. The zero-order valence-corrected chi connectivity index (χ0v) is 19.4. The first-order valence-electron chi connectivity index (χ1n) is 11.1. The molecule has 1 amide bonds. The van der Waals surface area contributed by atoms with Crippen molar-refractivity contribution in [3.63, 3.8) is 0 Å². The second kappa shape index (κ2) is 9.31. The number of hydrogen-bond acceptors (Lipinski definition) is 3. The van der Waals surface area contributed by atoms with Gasteiger partial charge in [0.25, 0.3) is 5.91 Å². The summed E-state index contributed by atoms with van der Waals surface area (Å²) >= 11 is 6.22. The minimum absolute atomic E-state index is 0.00514. The highest BCUT2D eigenvalue weighted by Crippen LogP contribution is 2.29. The van der Waals surface area contributed by atoms with Crippen molar-refractivity contribution in [1.29, 1.82) is 0 Å². The molecule has 0 aromatic heterocycles. The predicted molar refractivity (Wildman–Crippen MR) is 123 cm³/mol. The highest BCUT2D eigenvalue weighted by molar-refractivity contribution is 7.89. The second-order valence-corrected chi connectivity index (χ2v) is 10.7. The maximum absolute atomic E-state index is 13.0. The molecule has 7 heteroatoms. The summed E-state index contributed by atoms with van der Waals surface area (Å²) in [5.41, 5.74) is 4.18. The van der Waals surface area contributed by atoms with E-state index in [2.05, 4.69) is 23.5 Å². The number of nitrogens with one attached hydrogen (secondary N) is 1. The maximum atomic E-state index is 13.0. The zero-order chi connectivity index (χ0) is 22.0. The van der Waals surface area contributed by atoms with Crippen molar-refractivity contribution in [3.05, 3.63) is 63.7 Å². The van der Waals surface area contributed by atoms with E-state index in [4.69, 9.17) is 11.6 Å². The summed E-state index contributed by atoms with van der Waals surface area (Å²) in [6.07, 6.45) is 7.08. The Bertz CT molecular complexity index is 1080. The topological polar surface area (TPSA) is 66.5 Å². The smallest absolute Gasteiger partial charge is 0.251 e. The van der Waals surface area contributed by atoms with Crippen molar-refractivity contribution in [2.75, 3.05) is 13.1 Å². The molecule has 2 aromatic rings. The number of rotatable bonds is 6. The number of fused-ring (bicyclic) bond motifs is 1. The summed E-state index contributed by atoms with van der Waals surface area (Å²) in [4.78, 5) is 13.0. The maximum Gasteiger partial charge on any atom is 0.251 e. The lowest BCUT2D eigenvalue weighted by Crippen LogP contribution is -2.30. The lowest BCUT2D eigenvalue weighted by molar-refractivity contribution is 0.0935. The van der Waals surface area contributed by atoms with Gasteiger partial charge in [-0.1, -0.05) is 36.7 Å². The molecule has 0 unspecified atom stereocenters. The van der Waals surface area contributed by atoms with E-state index in [0.717, 1.165) is 37.7 Å². The van der Waals surface area contributed by atoms with Crippen LogP contribution in [0, 0.1) is 0 Å². The molecule has 5 nitrogen and oxygen atoms in total. The van der Waals surface area contributed by atoms with Crippen LogP contribution in [0.3, 0.4) is 0 Å². The third-order valence-electron chi connectivity index (χ3n) is 6.36. The van der Waals surface area contributed by atoms with E-state index in [9.17, 15) is 13.2 Å². The third-order valence-corrected chi connectivity index (χ3v) is 8.74. The molecule has 1 N–H and O–H groups in total. The van der Waals surface area contributed by atoms with Gasteiger partial charge >= 0.3 is 0 Å². The van der Waals surface area contributed by atoms with Crippen LogP contribution in [0.1, 0.15) is 72.1 Å². The molecule has 4 rings (SSSR count). The van der Waals surface area contributed by atoms with E-state index < -0.39 is 10.0 Å². The molecule has 1 fully saturated rings. The highest BCUT2D eigenvalue weighted by Gasteiger charge is 2.30. The van der Waals surface area contributed by atoms with E-state index >= 15 is 0 Å². The number of halogens is 1. The SMILES string of the molecule is CC[C@H](NC(=O)c1ccc(Cl)c(S(=O)(=O)N2CCCC2)c1)c1ccc2c(c1)CCCC2. The lowest BCUT2D eigenvalue weighted by Gasteiger charge is -2.22. The van der Waals surface area contributed by atoms with Gasteiger partial charge in [0.2, 0.25) is 10.0 Å². The second-order valence-electron chi connectivity index (χ2n) is 8.43. The molecular formula is C24H29ClN2O3S. The molecule has 2 aromatic carbocycles. The van der Waals surface area contributed by atoms with Crippen molar-refractivity contribution in [2.24, 2.45) is 0 Å². The average molecular weight is 461 g/mol. The van der Waals surface area contributed by atoms with E-state index in [1.807, 2.05) is 6.92 Å². The molecular weight excluding hydrogens is 432 g/mol. The van der Waals surface area contributed by atoms with E-state index in [1.165, 1.54) is 40.4 Å². The number of sulfonamides is 1. The number of benzene rings is 2. The van der Waals surface area contributed by atoms with Crippen molar-refractivity contribution in [3.8, 4) is 0 Å². The van der Waals surface area contributed by atoms with Crippen LogP contribution in [0.2, 0.25) is 5.02 Å². The van der Waals surface area contributed by atoms with Crippen LogP contribution in [0.25, 0.3) is 0 Å². The molecule has 2 aliphatic rings. The Morgan fingerprint density at radius 2 is 1.74 bits per heavy atom. The fraction of sp³-hybridized carbons (Fsp3) is 0.458. The van der Waals surface area contributed by atoms with Gasteiger partial charge in [0.05, 0.1) is 11.1 Å². The first-order chi connectivity index (χ1) is 14.9. The first kappa shape index (κ1) is 22.3. The molecule has 31 heavy (non-hydrogen) atoms. The van der Waals surface area contributed by atoms with Crippen LogP contribution in [0.4, 0.5) is 0 Å². The number of carbonyl (C=O) groups is 1. The largest absolute Gasteiger partial charge is 0.345 e. The van der Waals surface area contributed by atoms with Gasteiger partial charge in [-0.25, -0.2) is 8.42 Å². The molecule has 1 heterocycles. The highest BCUT2D eigenvalue weighted by atomic mass is 35.5. The van der Waals surface area contributed by atoms with Crippen molar-refractivity contribution >= 4 is 27.5 Å². The summed E-state index contributed by atoms with van der Waals surface area (Å²) in [6, 6.07) is 10.9. The molecule has 0 saturated carbocycles. The molecule has 0 spiro atoms. The summed E-state index contributed by atoms with van der Waals surface area (Å²) in [6.45, 7) is 3.02. The molecule has 1 atom stereocenters. The van der Waals surface area contributed by atoms with Crippen LogP contribution >= 0.6 is 11.6 Å². The van der Waals surface area contributed by atoms with Crippen LogP contribution in [-0.4, -0.2) is 31.7 Å². The fourth-order valence-corrected chi connectivity index (χ4v) is 6.56. The van der Waals surface area contributed by atoms with E-state index in [1.54, 1.807) is 6.07 Å². The first-order valence-corrected chi connectivity index (χ1v) is 12.9. The molecule has 1 aliphatic heterocycles. The van der Waals surface area contributed by atoms with E-state index in [0.29, 0.717) is 18.7 Å². The van der Waals surface area contributed by atoms with Crippen LogP contribution in [0.15, 0.2) is 41.3 Å². The van der Waals surface area contributed by atoms with Gasteiger partial charge in [-0.05, 0) is 79.8 Å². The number of carbonyl (C=O) groups excluding carboxylic acids is 1. The lowest BCUT2D eigenvalue weighted by atomic mass is 9.88. The molecule has 0 radical (unpaired) electrons. The summed E-state index contributed by atoms with van der Waals surface area (Å²) < 4.78 is 27.4. The van der Waals surface area contributed by atoms with Crippen LogP contribution < -0.4 is 5.32 Å². The normalized spacial score (nSPS) is 17.9. The van der Waals surface area contributed by atoms with Gasteiger partial charge < -0.3 is 5.32 Å². The summed E-state index contributed by atoms with van der Waals surface area (Å²) in [5.74, 6) is -0.292. The number of amides is 1.